The van der Waals surface area contributed by atoms with Crippen LogP contribution >= 0.6 is 0 Å². The molecule has 29 heavy (non-hydrogen) atoms. The number of phenolic OH excluding ortho intramolecular Hbond substituents is 1. The zero-order valence-corrected chi connectivity index (χ0v) is 14.6. The summed E-state index contributed by atoms with van der Waals surface area (Å²) in [5.74, 6) is -0.910. The van der Waals surface area contributed by atoms with Gasteiger partial charge in [0, 0.05) is 17.8 Å². The van der Waals surface area contributed by atoms with Crippen molar-refractivity contribution in [2.45, 2.75) is 0 Å². The number of fused-ring (bicyclic) bond motifs is 1. The lowest BCUT2D eigenvalue weighted by Crippen LogP contribution is -2.01. The first-order valence-corrected chi connectivity index (χ1v) is 8.25. The molecule has 4 aromatic rings. The molecule has 0 aliphatic carbocycles. The Morgan fingerprint density at radius 2 is 1.93 bits per heavy atom. The molecule has 0 unspecified atom stereocenters. The summed E-state index contributed by atoms with van der Waals surface area (Å²) < 4.78 is 1.26. The lowest BCUT2D eigenvalue weighted by Gasteiger charge is -2.05. The molecule has 2 N–H and O–H groups in total. The Hall–Kier alpha value is -4.65. The number of hydrogen-bond donors (Lipinski definition) is 2. The number of nitrogens with zero attached hydrogens (tertiary/aromatic N) is 7. The SMILES string of the molecule is N#Cc1cnn(-c2ncccn2)c1N=Nc1c(O)ccc2cc(C(=O)O)ccc12. The van der Waals surface area contributed by atoms with E-state index in [2.05, 4.69) is 25.3 Å². The van der Waals surface area contributed by atoms with Crippen LogP contribution in [0, 0.1) is 11.3 Å². The normalized spacial score (nSPS) is 11.0. The molecule has 140 valence electrons. The van der Waals surface area contributed by atoms with Crippen LogP contribution in [-0.4, -0.2) is 35.9 Å². The minimum absolute atomic E-state index is 0.0947. The predicted molar refractivity (Wildman–Crippen MR) is 101 cm³/mol. The van der Waals surface area contributed by atoms with Gasteiger partial charge in [0.05, 0.1) is 11.8 Å². The number of carbonyl (C=O) groups is 1. The van der Waals surface area contributed by atoms with Gasteiger partial charge >= 0.3 is 5.97 Å². The van der Waals surface area contributed by atoms with Gasteiger partial charge < -0.3 is 10.2 Å². The van der Waals surface area contributed by atoms with Gasteiger partial charge in [-0.15, -0.1) is 10.2 Å². The van der Waals surface area contributed by atoms with Crippen molar-refractivity contribution in [1.29, 1.82) is 5.26 Å². The average molecular weight is 385 g/mol. The highest BCUT2D eigenvalue weighted by molar-refractivity contribution is 6.00. The average Bonchev–Trinajstić information content (AvgIpc) is 3.16. The van der Waals surface area contributed by atoms with Gasteiger partial charge in [0.15, 0.2) is 5.82 Å². The maximum absolute atomic E-state index is 11.2. The van der Waals surface area contributed by atoms with Crippen LogP contribution in [0.25, 0.3) is 16.7 Å². The Kier molecular flexibility index (Phi) is 4.38. The minimum atomic E-state index is -1.06. The number of nitriles is 1. The molecule has 2 aromatic carbocycles. The van der Waals surface area contributed by atoms with Crippen molar-refractivity contribution in [3.8, 4) is 17.8 Å². The molecule has 2 aromatic heterocycles. The van der Waals surface area contributed by atoms with Gasteiger partial charge in [-0.05, 0) is 29.7 Å². The molecule has 0 saturated heterocycles. The van der Waals surface area contributed by atoms with Crippen LogP contribution in [0.15, 0.2) is 65.2 Å². The molecule has 0 atom stereocenters. The van der Waals surface area contributed by atoms with Crippen molar-refractivity contribution >= 4 is 28.2 Å². The first-order chi connectivity index (χ1) is 14.1. The van der Waals surface area contributed by atoms with Crippen LogP contribution < -0.4 is 0 Å². The number of aromatic hydroxyl groups is 1. The second kappa shape index (κ2) is 7.16. The summed E-state index contributed by atoms with van der Waals surface area (Å²) in [6.45, 7) is 0. The molecule has 0 aliphatic heterocycles. The molecule has 0 amide bonds. The molecule has 0 bridgehead atoms. The topological polar surface area (TPSA) is 150 Å². The summed E-state index contributed by atoms with van der Waals surface area (Å²) >= 11 is 0. The fourth-order valence-electron chi connectivity index (χ4n) is 2.70. The number of phenols is 1. The Balaban J connectivity index is 1.84. The van der Waals surface area contributed by atoms with E-state index in [0.29, 0.717) is 10.8 Å². The smallest absolute Gasteiger partial charge is 0.335 e. The number of aromatic nitrogens is 4. The van der Waals surface area contributed by atoms with E-state index in [1.165, 1.54) is 47.5 Å². The van der Waals surface area contributed by atoms with Gasteiger partial charge in [0.25, 0.3) is 5.95 Å². The lowest BCUT2D eigenvalue weighted by molar-refractivity contribution is 0.0697. The van der Waals surface area contributed by atoms with E-state index in [9.17, 15) is 15.2 Å². The molecule has 0 spiro atoms. The standard InChI is InChI=1S/C19H11N7O3/c20-9-13-10-23-26(19-21-6-1-7-22-19)17(13)25-24-16-14-4-2-12(18(28)29)8-11(14)3-5-15(16)27/h1-8,10,27H,(H,28,29). The number of benzene rings is 2. The van der Waals surface area contributed by atoms with Gasteiger partial charge in [0.1, 0.15) is 23.1 Å². The van der Waals surface area contributed by atoms with Crippen LogP contribution in [0.4, 0.5) is 11.5 Å². The molecule has 0 aliphatic rings. The first kappa shape index (κ1) is 17.7. The second-order valence-corrected chi connectivity index (χ2v) is 5.83. The van der Waals surface area contributed by atoms with E-state index in [4.69, 9.17) is 5.11 Å². The zero-order valence-electron chi connectivity index (χ0n) is 14.6. The quantitative estimate of drug-likeness (QED) is 0.510. The monoisotopic (exact) mass is 385 g/mol. The van der Waals surface area contributed by atoms with Crippen molar-refractivity contribution in [1.82, 2.24) is 19.7 Å². The van der Waals surface area contributed by atoms with Gasteiger partial charge in [-0.25, -0.2) is 14.8 Å². The van der Waals surface area contributed by atoms with Crippen LogP contribution in [0.3, 0.4) is 0 Å². The Morgan fingerprint density at radius 3 is 2.66 bits per heavy atom. The second-order valence-electron chi connectivity index (χ2n) is 5.83. The van der Waals surface area contributed by atoms with Crippen LogP contribution in [0.5, 0.6) is 5.75 Å². The fraction of sp³-hybridized carbons (Fsp3) is 0. The Bertz CT molecular complexity index is 1310. The molecule has 0 radical (unpaired) electrons. The Labute approximate surface area is 163 Å². The van der Waals surface area contributed by atoms with E-state index < -0.39 is 5.97 Å². The summed E-state index contributed by atoms with van der Waals surface area (Å²) in [5, 5.41) is 42.1. The van der Waals surface area contributed by atoms with Crippen LogP contribution in [-0.2, 0) is 0 Å². The number of azo groups is 1. The van der Waals surface area contributed by atoms with Crippen LogP contribution in [0.1, 0.15) is 15.9 Å². The molecule has 10 heteroatoms. The third-order valence-electron chi connectivity index (χ3n) is 4.07. The van der Waals surface area contributed by atoms with Crippen molar-refractivity contribution in [3.63, 3.8) is 0 Å². The number of rotatable bonds is 4. The third kappa shape index (κ3) is 3.24. The summed E-state index contributed by atoms with van der Waals surface area (Å²) in [4.78, 5) is 19.3. The molecule has 2 heterocycles. The highest BCUT2D eigenvalue weighted by Gasteiger charge is 2.15. The first-order valence-electron chi connectivity index (χ1n) is 8.25. The van der Waals surface area contributed by atoms with Gasteiger partial charge in [-0.2, -0.15) is 15.0 Å². The summed E-state index contributed by atoms with van der Waals surface area (Å²) in [7, 11) is 0. The molecular weight excluding hydrogens is 374 g/mol. The van der Waals surface area contributed by atoms with Gasteiger partial charge in [-0.1, -0.05) is 12.1 Å². The maximum atomic E-state index is 11.2. The molecular formula is C19H11N7O3. The van der Waals surface area contributed by atoms with E-state index in [-0.39, 0.29) is 34.3 Å². The van der Waals surface area contributed by atoms with E-state index in [0.717, 1.165) is 0 Å². The number of carboxylic acids is 1. The van der Waals surface area contributed by atoms with Gasteiger partial charge in [0.2, 0.25) is 0 Å². The third-order valence-corrected chi connectivity index (χ3v) is 4.07. The minimum Gasteiger partial charge on any atom is -0.506 e. The summed E-state index contributed by atoms with van der Waals surface area (Å²) in [5.41, 5.74) is 0.385. The zero-order chi connectivity index (χ0) is 20.4. The van der Waals surface area contributed by atoms with E-state index >= 15 is 0 Å². The van der Waals surface area contributed by atoms with Crippen molar-refractivity contribution in [2.75, 3.05) is 0 Å². The van der Waals surface area contributed by atoms with E-state index in [1.807, 2.05) is 6.07 Å². The Morgan fingerprint density at radius 1 is 1.14 bits per heavy atom. The molecule has 10 nitrogen and oxygen atoms in total. The maximum Gasteiger partial charge on any atom is 0.335 e. The molecule has 4 rings (SSSR count). The largest absolute Gasteiger partial charge is 0.506 e. The summed E-state index contributed by atoms with van der Waals surface area (Å²) in [6.07, 6.45) is 4.36. The van der Waals surface area contributed by atoms with Crippen LogP contribution in [0.2, 0.25) is 0 Å². The number of hydrogen-bond acceptors (Lipinski definition) is 8. The summed E-state index contributed by atoms with van der Waals surface area (Å²) in [6, 6.07) is 11.0. The fourth-order valence-corrected chi connectivity index (χ4v) is 2.70. The van der Waals surface area contributed by atoms with Crippen molar-refractivity contribution < 1.29 is 15.0 Å². The van der Waals surface area contributed by atoms with Crippen molar-refractivity contribution in [3.05, 3.63) is 66.1 Å². The number of aromatic carboxylic acids is 1. The number of carboxylic acid groups (broad SMARTS) is 1. The van der Waals surface area contributed by atoms with Crippen molar-refractivity contribution in [2.24, 2.45) is 10.2 Å². The highest BCUT2D eigenvalue weighted by Crippen LogP contribution is 2.37. The molecule has 0 saturated carbocycles. The lowest BCUT2D eigenvalue weighted by atomic mass is 10.1. The highest BCUT2D eigenvalue weighted by atomic mass is 16.4. The predicted octanol–water partition coefficient (Wildman–Crippen LogP) is 3.51. The van der Waals surface area contributed by atoms with Gasteiger partial charge in [-0.3, -0.25) is 0 Å². The van der Waals surface area contributed by atoms with E-state index in [1.54, 1.807) is 12.1 Å². The molecule has 0 fully saturated rings.